The van der Waals surface area contributed by atoms with Gasteiger partial charge in [0.25, 0.3) is 0 Å². The molecule has 0 aromatic heterocycles. The third-order valence-corrected chi connectivity index (χ3v) is 5.28. The predicted octanol–water partition coefficient (Wildman–Crippen LogP) is 0.704. The normalized spacial score (nSPS) is 24.7. The molecule has 1 saturated heterocycles. The number of carbonyl (C=O) groups is 1. The second kappa shape index (κ2) is 4.81. The molecule has 104 valence electrons. The molecule has 0 aromatic rings. The molecule has 2 fully saturated rings. The number of amides is 1. The smallest absolute Gasteiger partial charge is 0.228 e. The second-order valence-electron chi connectivity index (χ2n) is 5.98. The van der Waals surface area contributed by atoms with Gasteiger partial charge in [-0.15, -0.1) is 0 Å². The molecule has 2 aliphatic rings. The Morgan fingerprint density at radius 3 is 2.28 bits per heavy atom. The number of hydrogen-bond donors (Lipinski definition) is 1. The molecule has 0 bridgehead atoms. The van der Waals surface area contributed by atoms with E-state index in [9.17, 15) is 13.2 Å². The number of sulfonamides is 1. The monoisotopic (exact) mass is 274 g/mol. The van der Waals surface area contributed by atoms with Crippen LogP contribution < -0.4 is 5.14 Å². The highest BCUT2D eigenvalue weighted by Crippen LogP contribution is 2.42. The summed E-state index contributed by atoms with van der Waals surface area (Å²) in [5.41, 5.74) is -0.146. The lowest BCUT2D eigenvalue weighted by atomic mass is 9.69. The van der Waals surface area contributed by atoms with Crippen LogP contribution in [0.3, 0.4) is 0 Å². The Labute approximate surface area is 109 Å². The minimum Gasteiger partial charge on any atom is -0.342 e. The van der Waals surface area contributed by atoms with Crippen molar-refractivity contribution in [2.45, 2.75) is 39.0 Å². The summed E-state index contributed by atoms with van der Waals surface area (Å²) in [6, 6.07) is 0. The van der Waals surface area contributed by atoms with Gasteiger partial charge in [0.2, 0.25) is 15.9 Å². The molecule has 1 aliphatic carbocycles. The summed E-state index contributed by atoms with van der Waals surface area (Å²) in [7, 11) is -3.39. The lowest BCUT2D eigenvalue weighted by molar-refractivity contribution is -0.147. The van der Waals surface area contributed by atoms with E-state index >= 15 is 0 Å². The quantitative estimate of drug-likeness (QED) is 0.822. The second-order valence-corrected chi connectivity index (χ2v) is 7.64. The fourth-order valence-corrected chi connectivity index (χ4v) is 3.92. The van der Waals surface area contributed by atoms with Crippen LogP contribution in [0.2, 0.25) is 0 Å². The molecule has 2 N–H and O–H groups in total. The van der Waals surface area contributed by atoms with Gasteiger partial charge in [0.05, 0.1) is 5.75 Å². The van der Waals surface area contributed by atoms with E-state index in [2.05, 4.69) is 0 Å². The summed E-state index contributed by atoms with van der Waals surface area (Å²) in [5, 5.41) is 5.05. The highest BCUT2D eigenvalue weighted by molar-refractivity contribution is 7.89. The van der Waals surface area contributed by atoms with Crippen LogP contribution in [-0.4, -0.2) is 38.1 Å². The molecule has 5 nitrogen and oxygen atoms in total. The van der Waals surface area contributed by atoms with E-state index in [1.165, 1.54) is 0 Å². The van der Waals surface area contributed by atoms with Crippen molar-refractivity contribution in [3.63, 3.8) is 0 Å². The zero-order chi connectivity index (χ0) is 13.4. The topological polar surface area (TPSA) is 80.5 Å². The van der Waals surface area contributed by atoms with Crippen molar-refractivity contribution in [3.05, 3.63) is 0 Å². The van der Waals surface area contributed by atoms with E-state index in [0.29, 0.717) is 13.1 Å². The third kappa shape index (κ3) is 3.03. The zero-order valence-corrected chi connectivity index (χ0v) is 11.7. The molecule has 1 saturated carbocycles. The number of piperidine rings is 1. The molecule has 0 atom stereocenters. The lowest BCUT2D eigenvalue weighted by Crippen LogP contribution is -2.49. The highest BCUT2D eigenvalue weighted by Gasteiger charge is 2.42. The maximum Gasteiger partial charge on any atom is 0.228 e. The van der Waals surface area contributed by atoms with Gasteiger partial charge in [-0.2, -0.15) is 0 Å². The molecule has 6 heteroatoms. The Hall–Kier alpha value is -0.620. The number of rotatable bonds is 3. The van der Waals surface area contributed by atoms with E-state index in [-0.39, 0.29) is 23.0 Å². The SMILES string of the molecule is CC1(C(=O)N2CCC(CS(N)(=O)=O)CC2)CCC1. The van der Waals surface area contributed by atoms with Gasteiger partial charge < -0.3 is 4.90 Å². The van der Waals surface area contributed by atoms with E-state index in [1.54, 1.807) is 0 Å². The largest absolute Gasteiger partial charge is 0.342 e. The molecule has 0 aromatic carbocycles. The molecule has 1 aliphatic heterocycles. The lowest BCUT2D eigenvalue weighted by Gasteiger charge is -2.43. The zero-order valence-electron chi connectivity index (χ0n) is 10.9. The number of carbonyl (C=O) groups excluding carboxylic acids is 1. The summed E-state index contributed by atoms with van der Waals surface area (Å²) >= 11 is 0. The molecule has 18 heavy (non-hydrogen) atoms. The Morgan fingerprint density at radius 1 is 1.33 bits per heavy atom. The van der Waals surface area contributed by atoms with Crippen molar-refractivity contribution in [3.8, 4) is 0 Å². The van der Waals surface area contributed by atoms with Crippen LogP contribution in [0.4, 0.5) is 0 Å². The van der Waals surface area contributed by atoms with Crippen LogP contribution in [0, 0.1) is 11.3 Å². The molecule has 2 rings (SSSR count). The maximum atomic E-state index is 12.3. The van der Waals surface area contributed by atoms with Crippen LogP contribution in [0.1, 0.15) is 39.0 Å². The summed E-state index contributed by atoms with van der Waals surface area (Å²) in [6.45, 7) is 3.39. The molecular weight excluding hydrogens is 252 g/mol. The summed E-state index contributed by atoms with van der Waals surface area (Å²) in [4.78, 5) is 14.2. The summed E-state index contributed by atoms with van der Waals surface area (Å²) < 4.78 is 22.1. The van der Waals surface area contributed by atoms with Crippen molar-refractivity contribution in [1.29, 1.82) is 0 Å². The highest BCUT2D eigenvalue weighted by atomic mass is 32.2. The predicted molar refractivity (Wildman–Crippen MR) is 69.2 cm³/mol. The number of hydrogen-bond acceptors (Lipinski definition) is 3. The minimum atomic E-state index is -3.39. The molecular formula is C12H22N2O3S. The van der Waals surface area contributed by atoms with Crippen molar-refractivity contribution < 1.29 is 13.2 Å². The number of nitrogens with two attached hydrogens (primary N) is 1. The molecule has 0 spiro atoms. The minimum absolute atomic E-state index is 0.0479. The van der Waals surface area contributed by atoms with Gasteiger partial charge in [-0.25, -0.2) is 13.6 Å². The van der Waals surface area contributed by atoms with Crippen LogP contribution >= 0.6 is 0 Å². The maximum absolute atomic E-state index is 12.3. The number of primary sulfonamides is 1. The van der Waals surface area contributed by atoms with Gasteiger partial charge in [-0.3, -0.25) is 4.79 Å². The van der Waals surface area contributed by atoms with Gasteiger partial charge >= 0.3 is 0 Å². The van der Waals surface area contributed by atoms with Crippen LogP contribution in [0.15, 0.2) is 0 Å². The van der Waals surface area contributed by atoms with Crippen molar-refractivity contribution in [2.24, 2.45) is 16.5 Å². The first-order chi connectivity index (χ1) is 8.30. The average Bonchev–Trinajstić information content (AvgIpc) is 2.24. The Bertz CT molecular complexity index is 421. The first kappa shape index (κ1) is 13.8. The molecule has 0 unspecified atom stereocenters. The molecule has 1 heterocycles. The van der Waals surface area contributed by atoms with Crippen molar-refractivity contribution in [2.75, 3.05) is 18.8 Å². The summed E-state index contributed by atoms with van der Waals surface area (Å²) in [6.07, 6.45) is 4.62. The number of nitrogens with zero attached hydrogens (tertiary/aromatic N) is 1. The molecule has 1 amide bonds. The Morgan fingerprint density at radius 2 is 1.89 bits per heavy atom. The van der Waals surface area contributed by atoms with Gasteiger partial charge in [0, 0.05) is 18.5 Å². The average molecular weight is 274 g/mol. The van der Waals surface area contributed by atoms with E-state index in [0.717, 1.165) is 32.1 Å². The van der Waals surface area contributed by atoms with Gasteiger partial charge in [0.1, 0.15) is 0 Å². The van der Waals surface area contributed by atoms with Crippen molar-refractivity contribution in [1.82, 2.24) is 4.90 Å². The van der Waals surface area contributed by atoms with E-state index < -0.39 is 10.0 Å². The van der Waals surface area contributed by atoms with Crippen LogP contribution in [0.25, 0.3) is 0 Å². The third-order valence-electron chi connectivity index (χ3n) is 4.34. The summed E-state index contributed by atoms with van der Waals surface area (Å²) in [5.74, 6) is 0.410. The van der Waals surface area contributed by atoms with Gasteiger partial charge in [-0.05, 0) is 31.6 Å². The Balaban J connectivity index is 1.85. The van der Waals surface area contributed by atoms with Crippen molar-refractivity contribution >= 4 is 15.9 Å². The fourth-order valence-electron chi connectivity index (χ4n) is 2.93. The first-order valence-electron chi connectivity index (χ1n) is 6.60. The number of likely N-dealkylation sites (tertiary alicyclic amines) is 1. The van der Waals surface area contributed by atoms with Crippen LogP contribution in [-0.2, 0) is 14.8 Å². The first-order valence-corrected chi connectivity index (χ1v) is 8.32. The van der Waals surface area contributed by atoms with Gasteiger partial charge in [-0.1, -0.05) is 13.3 Å². The standard InChI is InChI=1S/C12H22N2O3S/c1-12(5-2-6-12)11(15)14-7-3-10(4-8-14)9-18(13,16)17/h10H,2-9H2,1H3,(H2,13,16,17). The van der Waals surface area contributed by atoms with E-state index in [1.807, 2.05) is 11.8 Å². The van der Waals surface area contributed by atoms with Gasteiger partial charge in [0.15, 0.2) is 0 Å². The van der Waals surface area contributed by atoms with E-state index in [4.69, 9.17) is 5.14 Å². The van der Waals surface area contributed by atoms with Crippen LogP contribution in [0.5, 0.6) is 0 Å². The fraction of sp³-hybridized carbons (Fsp3) is 0.917. The Kier molecular flexibility index (Phi) is 3.69. The molecule has 0 radical (unpaired) electrons.